The molecule has 1 fully saturated rings. The van der Waals surface area contributed by atoms with Crippen molar-refractivity contribution >= 4 is 27.4 Å². The molecule has 2 heterocycles. The standard InChI is InChI=1S/C23H29F4N5O3S/c1-14(2)18-13-31(16-6-7-17(24)19(11-16)36(5,34)35)8-9-32(18)22-28-12-15(10-20(33)30(3)4)21(29-22)23(25,26)27/h6-7,11-12,14,18H,8-10,13H2,1-5H3/t18-/m0/s1. The minimum absolute atomic E-state index is 0.0319. The molecule has 1 aliphatic rings. The quantitative estimate of drug-likeness (QED) is 0.530. The molecule has 13 heteroatoms. The van der Waals surface area contributed by atoms with E-state index in [-0.39, 0.29) is 30.0 Å². The van der Waals surface area contributed by atoms with Gasteiger partial charge in [0.25, 0.3) is 0 Å². The van der Waals surface area contributed by atoms with Crippen LogP contribution in [0.25, 0.3) is 0 Å². The molecule has 1 amide bonds. The largest absolute Gasteiger partial charge is 0.433 e. The normalized spacial score (nSPS) is 17.0. The van der Waals surface area contributed by atoms with E-state index in [1.807, 2.05) is 18.7 Å². The number of amides is 1. The third-order valence-electron chi connectivity index (χ3n) is 6.09. The average Bonchev–Trinajstić information content (AvgIpc) is 2.77. The summed E-state index contributed by atoms with van der Waals surface area (Å²) in [5.74, 6) is -1.48. The van der Waals surface area contributed by atoms with Gasteiger partial charge in [-0.05, 0) is 24.1 Å². The van der Waals surface area contributed by atoms with Crippen molar-refractivity contribution in [2.75, 3.05) is 49.8 Å². The fourth-order valence-electron chi connectivity index (χ4n) is 4.07. The minimum Gasteiger partial charge on any atom is -0.368 e. The molecule has 0 aliphatic carbocycles. The molecule has 0 saturated carbocycles. The van der Waals surface area contributed by atoms with Crippen LogP contribution in [0.5, 0.6) is 0 Å². The van der Waals surface area contributed by atoms with E-state index in [9.17, 15) is 30.8 Å². The summed E-state index contributed by atoms with van der Waals surface area (Å²) < 4.78 is 79.5. The maximum Gasteiger partial charge on any atom is 0.433 e. The molecule has 0 bridgehead atoms. The van der Waals surface area contributed by atoms with E-state index in [0.717, 1.165) is 18.5 Å². The molecule has 198 valence electrons. The van der Waals surface area contributed by atoms with Crippen LogP contribution in [0.3, 0.4) is 0 Å². The maximum atomic E-state index is 14.1. The highest BCUT2D eigenvalue weighted by Crippen LogP contribution is 2.33. The minimum atomic E-state index is -4.77. The van der Waals surface area contributed by atoms with Gasteiger partial charge in [-0.1, -0.05) is 13.8 Å². The Kier molecular flexibility index (Phi) is 7.82. The summed E-state index contributed by atoms with van der Waals surface area (Å²) >= 11 is 0. The van der Waals surface area contributed by atoms with Crippen molar-refractivity contribution in [1.29, 1.82) is 0 Å². The predicted octanol–water partition coefficient (Wildman–Crippen LogP) is 3.02. The second kappa shape index (κ2) is 10.2. The Balaban J connectivity index is 1.94. The van der Waals surface area contributed by atoms with Crippen molar-refractivity contribution in [3.05, 3.63) is 41.5 Å². The number of piperazine rings is 1. The number of sulfone groups is 1. The molecular formula is C23H29F4N5O3S. The zero-order valence-corrected chi connectivity index (χ0v) is 21.5. The van der Waals surface area contributed by atoms with Crippen molar-refractivity contribution in [3.63, 3.8) is 0 Å². The molecule has 0 unspecified atom stereocenters. The zero-order chi connectivity index (χ0) is 27.0. The van der Waals surface area contributed by atoms with Gasteiger partial charge in [0.05, 0.1) is 12.5 Å². The molecular weight excluding hydrogens is 502 g/mol. The lowest BCUT2D eigenvalue weighted by Crippen LogP contribution is -2.56. The molecule has 8 nitrogen and oxygen atoms in total. The third kappa shape index (κ3) is 6.05. The smallest absolute Gasteiger partial charge is 0.368 e. The number of hydrogen-bond donors (Lipinski definition) is 0. The second-order valence-corrected chi connectivity index (χ2v) is 11.3. The van der Waals surface area contributed by atoms with Crippen LogP contribution in [0, 0.1) is 11.7 Å². The van der Waals surface area contributed by atoms with Gasteiger partial charge in [0, 0.05) is 57.4 Å². The van der Waals surface area contributed by atoms with E-state index >= 15 is 0 Å². The Morgan fingerprint density at radius 1 is 1.22 bits per heavy atom. The first-order valence-electron chi connectivity index (χ1n) is 11.2. The number of aromatic nitrogens is 2. The van der Waals surface area contributed by atoms with E-state index in [1.165, 1.54) is 31.1 Å². The van der Waals surface area contributed by atoms with Crippen LogP contribution >= 0.6 is 0 Å². The predicted molar refractivity (Wildman–Crippen MR) is 127 cm³/mol. The van der Waals surface area contributed by atoms with Crippen molar-refractivity contribution < 1.29 is 30.8 Å². The number of rotatable bonds is 6. The first-order chi connectivity index (χ1) is 16.6. The fraction of sp³-hybridized carbons (Fsp3) is 0.522. The van der Waals surface area contributed by atoms with Crippen molar-refractivity contribution in [2.45, 2.75) is 37.4 Å². The monoisotopic (exact) mass is 531 g/mol. The molecule has 1 saturated heterocycles. The summed E-state index contributed by atoms with van der Waals surface area (Å²) in [6.45, 7) is 4.72. The lowest BCUT2D eigenvalue weighted by atomic mass is 9.99. The van der Waals surface area contributed by atoms with Crippen LogP contribution in [-0.2, 0) is 27.2 Å². The van der Waals surface area contributed by atoms with Gasteiger partial charge in [0.2, 0.25) is 11.9 Å². The van der Waals surface area contributed by atoms with Crippen molar-refractivity contribution in [3.8, 4) is 0 Å². The molecule has 1 aromatic carbocycles. The highest BCUT2D eigenvalue weighted by molar-refractivity contribution is 7.90. The fourth-order valence-corrected chi connectivity index (χ4v) is 4.83. The van der Waals surface area contributed by atoms with Gasteiger partial charge < -0.3 is 14.7 Å². The number of anilines is 2. The van der Waals surface area contributed by atoms with Gasteiger partial charge in [-0.3, -0.25) is 4.79 Å². The molecule has 1 aliphatic heterocycles. The number of carbonyl (C=O) groups excluding carboxylic acids is 1. The second-order valence-electron chi connectivity index (χ2n) is 9.34. The Morgan fingerprint density at radius 2 is 1.89 bits per heavy atom. The number of nitrogens with zero attached hydrogens (tertiary/aromatic N) is 5. The van der Waals surface area contributed by atoms with E-state index in [4.69, 9.17) is 0 Å². The number of hydrogen-bond acceptors (Lipinski definition) is 7. The summed E-state index contributed by atoms with van der Waals surface area (Å²) in [4.78, 5) is 24.4. The van der Waals surface area contributed by atoms with Gasteiger partial charge in [0.1, 0.15) is 10.7 Å². The Labute approximate surface area is 207 Å². The molecule has 0 N–H and O–H groups in total. The lowest BCUT2D eigenvalue weighted by molar-refractivity contribution is -0.142. The summed E-state index contributed by atoms with van der Waals surface area (Å²) in [6, 6.07) is 3.52. The van der Waals surface area contributed by atoms with E-state index < -0.39 is 44.7 Å². The number of likely N-dealkylation sites (N-methyl/N-ethyl adjacent to an activating group) is 1. The molecule has 1 aromatic heterocycles. The molecule has 0 radical (unpaired) electrons. The van der Waals surface area contributed by atoms with Crippen LogP contribution in [-0.4, -0.2) is 75.2 Å². The first-order valence-corrected chi connectivity index (χ1v) is 13.1. The topological polar surface area (TPSA) is 86.7 Å². The van der Waals surface area contributed by atoms with Crippen LogP contribution < -0.4 is 9.80 Å². The summed E-state index contributed by atoms with van der Waals surface area (Å²) in [6.07, 6.45) is -3.27. The molecule has 2 aromatic rings. The lowest BCUT2D eigenvalue weighted by Gasteiger charge is -2.44. The summed E-state index contributed by atoms with van der Waals surface area (Å²) in [7, 11) is -0.869. The van der Waals surface area contributed by atoms with Crippen LogP contribution in [0.4, 0.5) is 29.2 Å². The molecule has 36 heavy (non-hydrogen) atoms. The first kappa shape index (κ1) is 27.6. The Bertz CT molecular complexity index is 1230. The highest BCUT2D eigenvalue weighted by Gasteiger charge is 2.39. The average molecular weight is 532 g/mol. The van der Waals surface area contributed by atoms with Crippen molar-refractivity contribution in [1.82, 2.24) is 14.9 Å². The number of alkyl halides is 3. The van der Waals surface area contributed by atoms with Gasteiger partial charge in [-0.2, -0.15) is 13.2 Å². The summed E-state index contributed by atoms with van der Waals surface area (Å²) in [5, 5.41) is 0. The Morgan fingerprint density at radius 3 is 2.44 bits per heavy atom. The molecule has 0 spiro atoms. The third-order valence-corrected chi connectivity index (χ3v) is 7.20. The van der Waals surface area contributed by atoms with Crippen LogP contribution in [0.2, 0.25) is 0 Å². The zero-order valence-electron chi connectivity index (χ0n) is 20.7. The number of halogens is 4. The van der Waals surface area contributed by atoms with E-state index in [2.05, 4.69) is 9.97 Å². The van der Waals surface area contributed by atoms with E-state index in [1.54, 1.807) is 4.90 Å². The Hall–Kier alpha value is -2.96. The maximum absolute atomic E-state index is 14.1. The van der Waals surface area contributed by atoms with Gasteiger partial charge >= 0.3 is 6.18 Å². The number of carbonyl (C=O) groups is 1. The van der Waals surface area contributed by atoms with Gasteiger partial charge in [-0.25, -0.2) is 22.8 Å². The van der Waals surface area contributed by atoms with Crippen LogP contribution in [0.15, 0.2) is 29.3 Å². The highest BCUT2D eigenvalue weighted by atomic mass is 32.2. The van der Waals surface area contributed by atoms with Crippen LogP contribution in [0.1, 0.15) is 25.1 Å². The molecule has 3 rings (SSSR count). The van der Waals surface area contributed by atoms with Gasteiger partial charge in [-0.15, -0.1) is 0 Å². The SMILES string of the molecule is CC(C)[C@@H]1CN(c2ccc(F)c(S(C)(=O)=O)c2)CCN1c1ncc(CC(=O)N(C)C)c(C(F)(F)F)n1. The van der Waals surface area contributed by atoms with Gasteiger partial charge in [0.15, 0.2) is 15.5 Å². The number of benzene rings is 1. The van der Waals surface area contributed by atoms with E-state index in [0.29, 0.717) is 18.8 Å². The van der Waals surface area contributed by atoms with Crippen molar-refractivity contribution in [2.24, 2.45) is 5.92 Å². The molecule has 1 atom stereocenters. The summed E-state index contributed by atoms with van der Waals surface area (Å²) in [5.41, 5.74) is -0.954.